The summed E-state index contributed by atoms with van der Waals surface area (Å²) in [4.78, 5) is 21.1. The van der Waals surface area contributed by atoms with Crippen molar-refractivity contribution in [3.63, 3.8) is 0 Å². The number of benzene rings is 8. The third-order valence-corrected chi connectivity index (χ3v) is 15.6. The summed E-state index contributed by atoms with van der Waals surface area (Å²) in [6.45, 7) is 0. The van der Waals surface area contributed by atoms with Crippen LogP contribution in [0.3, 0.4) is 0 Å². The SMILES string of the molecule is O=C1C(c2cc3c4c(c(Cl)cc5c4c2NC2(N5)c4ccccc4-c4ccccc42)CC3)=C(O)C1=c1cc2c3c(c(Cl)cc4c3c1=NC1(N4)c3ccccc3-c3ccccc31)CC2. The smallest absolute Gasteiger partial charge is 0.201 e. The van der Waals surface area contributed by atoms with Crippen molar-refractivity contribution >= 4 is 78.7 Å². The van der Waals surface area contributed by atoms with Gasteiger partial charge in [0.05, 0.1) is 22.2 Å². The van der Waals surface area contributed by atoms with Gasteiger partial charge >= 0.3 is 0 Å². The van der Waals surface area contributed by atoms with E-state index in [0.29, 0.717) is 27.3 Å². The number of aliphatic hydroxyl groups excluding tert-OH is 1. The molecule has 0 saturated heterocycles. The van der Waals surface area contributed by atoms with Gasteiger partial charge in [0.25, 0.3) is 0 Å². The second-order valence-corrected chi connectivity index (χ2v) is 18.5. The molecule has 0 aromatic heterocycles. The predicted octanol–water partition coefficient (Wildman–Crippen LogP) is 10.8. The van der Waals surface area contributed by atoms with Crippen molar-refractivity contribution in [3.05, 3.63) is 198 Å². The second kappa shape index (κ2) is 11.1. The lowest BCUT2D eigenvalue weighted by atomic mass is 9.78. The third kappa shape index (κ3) is 3.79. The Kier molecular flexibility index (Phi) is 6.08. The fraction of sp³-hybridized carbons (Fsp3) is 0.111. The number of nitrogens with one attached hydrogen (secondary N) is 3. The van der Waals surface area contributed by atoms with Crippen LogP contribution in [0.2, 0.25) is 10.0 Å². The lowest BCUT2D eigenvalue weighted by Crippen LogP contribution is -2.45. The quantitative estimate of drug-likeness (QED) is 0.132. The summed E-state index contributed by atoms with van der Waals surface area (Å²) < 4.78 is 0. The maximum atomic E-state index is 15.3. The predicted molar refractivity (Wildman–Crippen MR) is 248 cm³/mol. The molecule has 4 N–H and O–H groups in total. The Balaban J connectivity index is 1.02. The van der Waals surface area contributed by atoms with Crippen LogP contribution in [0.25, 0.3) is 54.9 Å². The molecule has 294 valence electrons. The lowest BCUT2D eigenvalue weighted by Gasteiger charge is -2.42. The molecule has 6 nitrogen and oxygen atoms in total. The molecule has 0 fully saturated rings. The Morgan fingerprint density at radius 3 is 1.65 bits per heavy atom. The summed E-state index contributed by atoms with van der Waals surface area (Å²) >= 11 is 14.2. The summed E-state index contributed by atoms with van der Waals surface area (Å²) in [5.74, 6) is -0.216. The molecular weight excluding hydrogens is 808 g/mol. The summed E-state index contributed by atoms with van der Waals surface area (Å²) in [6.07, 6.45) is 3.18. The van der Waals surface area contributed by atoms with Crippen LogP contribution in [-0.4, -0.2) is 10.9 Å². The number of carbonyl (C=O) groups excluding carboxylic acids is 1. The van der Waals surface area contributed by atoms with Gasteiger partial charge < -0.3 is 21.1 Å². The van der Waals surface area contributed by atoms with Crippen LogP contribution in [0, 0.1) is 0 Å². The minimum Gasteiger partial charge on any atom is -0.506 e. The standard InChI is InChI=1S/C54H32Cl2N4O2/c55-39-23-41-47-43-25(17-19-31(39)43)21-33(49(47)59-53(57-41)35-13-5-1-9-27(35)28-10-2-6-14-36(28)53)45-51(61)46(52(45)62)34-22-26-18-20-32-40(56)24-42-48(44(26)32)50(34)60-54(58-42)37-15-7-3-11-29(37)30-12-4-8-16-38(30)54/h1-16,21-24,57-59,61H,17-20H2. The second-order valence-electron chi connectivity index (χ2n) is 17.7. The van der Waals surface area contributed by atoms with Gasteiger partial charge in [0.15, 0.2) is 11.3 Å². The van der Waals surface area contributed by atoms with Gasteiger partial charge in [0.2, 0.25) is 5.78 Å². The number of allylic oxidation sites excluding steroid dienone is 2. The van der Waals surface area contributed by atoms with E-state index in [9.17, 15) is 5.11 Å². The van der Waals surface area contributed by atoms with E-state index in [0.717, 1.165) is 141 Å². The average molecular weight is 840 g/mol. The number of hydrogen-bond acceptors (Lipinski definition) is 6. The monoisotopic (exact) mass is 838 g/mol. The summed E-state index contributed by atoms with van der Waals surface area (Å²) in [5.41, 5.74) is 15.2. The molecule has 8 heteroatoms. The molecular formula is C54H32Cl2N4O2. The van der Waals surface area contributed by atoms with E-state index in [1.165, 1.54) is 0 Å². The average Bonchev–Trinajstić information content (AvgIpc) is 4.05. The number of carbonyl (C=O) groups is 1. The zero-order valence-electron chi connectivity index (χ0n) is 32.9. The van der Waals surface area contributed by atoms with Gasteiger partial charge in [-0.25, -0.2) is 4.99 Å². The highest BCUT2D eigenvalue weighted by atomic mass is 35.5. The fourth-order valence-corrected chi connectivity index (χ4v) is 13.0. The van der Waals surface area contributed by atoms with Crippen molar-refractivity contribution in [2.45, 2.75) is 37.0 Å². The molecule has 0 bridgehead atoms. The van der Waals surface area contributed by atoms with Crippen molar-refractivity contribution in [3.8, 4) is 22.3 Å². The Hall–Kier alpha value is -6.86. The Morgan fingerprint density at radius 1 is 0.532 bits per heavy atom. The summed E-state index contributed by atoms with van der Waals surface area (Å²) in [7, 11) is 0. The van der Waals surface area contributed by atoms with Crippen molar-refractivity contribution in [2.75, 3.05) is 16.0 Å². The molecule has 0 saturated carbocycles. The van der Waals surface area contributed by atoms with E-state index in [2.05, 4.69) is 113 Å². The first-order valence-electron chi connectivity index (χ1n) is 21.3. The first kappa shape index (κ1) is 33.8. The molecule has 8 aromatic carbocycles. The highest BCUT2D eigenvalue weighted by molar-refractivity contribution is 6.52. The number of hydrogen-bond donors (Lipinski definition) is 4. The van der Waals surface area contributed by atoms with Crippen molar-refractivity contribution in [2.24, 2.45) is 4.99 Å². The van der Waals surface area contributed by atoms with Gasteiger partial charge in [-0.3, -0.25) is 4.79 Å². The minimum absolute atomic E-state index is 0.0142. The van der Waals surface area contributed by atoms with E-state index in [-0.39, 0.29) is 11.5 Å². The fourth-order valence-electron chi connectivity index (χ4n) is 12.4. The zero-order chi connectivity index (χ0) is 41.0. The molecule has 15 rings (SSSR count). The Morgan fingerprint density at radius 2 is 1.05 bits per heavy atom. The third-order valence-electron chi connectivity index (χ3n) is 14.9. The number of anilines is 3. The van der Waals surface area contributed by atoms with E-state index >= 15 is 4.79 Å². The molecule has 0 amide bonds. The van der Waals surface area contributed by atoms with E-state index in [1.54, 1.807) is 0 Å². The first-order valence-corrected chi connectivity index (χ1v) is 22.0. The number of nitrogens with zero attached hydrogens (tertiary/aromatic N) is 1. The maximum Gasteiger partial charge on any atom is 0.201 e. The van der Waals surface area contributed by atoms with E-state index in [1.807, 2.05) is 24.3 Å². The molecule has 5 aliphatic carbocycles. The number of Topliss-reactive ketones (excluding diaryl/α,β-unsaturated/α-hetero) is 1. The summed E-state index contributed by atoms with van der Waals surface area (Å²) in [5, 5.41) is 31.5. The highest BCUT2D eigenvalue weighted by Crippen LogP contribution is 2.58. The van der Waals surface area contributed by atoms with Crippen LogP contribution < -0.4 is 26.5 Å². The number of halogens is 2. The van der Waals surface area contributed by atoms with Gasteiger partial charge in [0.1, 0.15) is 5.76 Å². The molecule has 2 aliphatic heterocycles. The number of rotatable bonds is 1. The van der Waals surface area contributed by atoms with E-state index in [4.69, 9.17) is 28.2 Å². The van der Waals surface area contributed by atoms with Crippen LogP contribution in [-0.2, 0) is 41.8 Å². The lowest BCUT2D eigenvalue weighted by molar-refractivity contribution is -0.109. The van der Waals surface area contributed by atoms with Gasteiger partial charge in [-0.2, -0.15) is 0 Å². The zero-order valence-corrected chi connectivity index (χ0v) is 34.4. The van der Waals surface area contributed by atoms with Crippen LogP contribution in [0.4, 0.5) is 17.1 Å². The number of fused-ring (bicyclic) bond motifs is 10. The first-order chi connectivity index (χ1) is 30.3. The Labute approximate surface area is 364 Å². The van der Waals surface area contributed by atoms with Crippen LogP contribution in [0.1, 0.15) is 50.1 Å². The van der Waals surface area contributed by atoms with Gasteiger partial charge in [-0.05, 0) is 105 Å². The molecule has 2 heterocycles. The Bertz CT molecular complexity index is 3660. The van der Waals surface area contributed by atoms with Crippen molar-refractivity contribution < 1.29 is 9.90 Å². The van der Waals surface area contributed by atoms with Crippen LogP contribution in [0.5, 0.6) is 0 Å². The minimum atomic E-state index is -0.973. The molecule has 62 heavy (non-hydrogen) atoms. The van der Waals surface area contributed by atoms with Crippen LogP contribution in [0.15, 0.2) is 132 Å². The molecule has 7 aliphatic rings. The van der Waals surface area contributed by atoms with E-state index < -0.39 is 11.3 Å². The van der Waals surface area contributed by atoms with Gasteiger partial charge in [-0.15, -0.1) is 0 Å². The largest absolute Gasteiger partial charge is 0.506 e. The highest BCUT2D eigenvalue weighted by Gasteiger charge is 2.50. The topological polar surface area (TPSA) is 85.8 Å². The van der Waals surface area contributed by atoms with Crippen molar-refractivity contribution in [1.29, 1.82) is 0 Å². The normalized spacial score (nSPS) is 18.6. The molecule has 0 radical (unpaired) electrons. The van der Waals surface area contributed by atoms with Crippen molar-refractivity contribution in [1.82, 2.24) is 0 Å². The molecule has 0 unspecified atom stereocenters. The van der Waals surface area contributed by atoms with Gasteiger partial charge in [0, 0.05) is 65.2 Å². The molecule has 8 aromatic rings. The number of aryl methyl sites for hydroxylation is 4. The van der Waals surface area contributed by atoms with Crippen LogP contribution >= 0.6 is 23.2 Å². The van der Waals surface area contributed by atoms with Gasteiger partial charge in [-0.1, -0.05) is 120 Å². The summed E-state index contributed by atoms with van der Waals surface area (Å²) in [6, 6.07) is 42.0. The number of aliphatic hydroxyl groups is 1. The maximum absolute atomic E-state index is 15.3. The number of ketones is 1. The molecule has 2 spiro atoms. The molecule has 0 atom stereocenters.